The van der Waals surface area contributed by atoms with Crippen molar-refractivity contribution in [1.29, 1.82) is 0 Å². The van der Waals surface area contributed by atoms with Crippen LogP contribution in [0.1, 0.15) is 36.7 Å². The van der Waals surface area contributed by atoms with Crippen molar-refractivity contribution < 1.29 is 14.7 Å². The zero-order valence-corrected chi connectivity index (χ0v) is 12.8. The highest BCUT2D eigenvalue weighted by molar-refractivity contribution is 6.07. The number of likely N-dealkylation sites (tertiary alicyclic amines) is 1. The van der Waals surface area contributed by atoms with Gasteiger partial charge in [-0.3, -0.25) is 9.59 Å². The summed E-state index contributed by atoms with van der Waals surface area (Å²) < 4.78 is 1.90. The summed E-state index contributed by atoms with van der Waals surface area (Å²) in [6.45, 7) is 4.30. The molecule has 0 radical (unpaired) electrons. The molecule has 1 N–H and O–H groups in total. The van der Waals surface area contributed by atoms with Gasteiger partial charge < -0.3 is 14.6 Å². The van der Waals surface area contributed by atoms with Crippen molar-refractivity contribution >= 4 is 22.6 Å². The Morgan fingerprint density at radius 3 is 2.59 bits per heavy atom. The fourth-order valence-electron chi connectivity index (χ4n) is 3.08. The number of Topliss-reactive ketones (excluding diaryl/α,β-unsaturated/α-hetero) is 1. The lowest BCUT2D eigenvalue weighted by Gasteiger charge is -2.38. The lowest BCUT2D eigenvalue weighted by molar-refractivity contribution is -0.144. The van der Waals surface area contributed by atoms with Gasteiger partial charge in [-0.1, -0.05) is 25.1 Å². The molecule has 1 aliphatic heterocycles. The number of rotatable bonds is 4. The quantitative estimate of drug-likeness (QED) is 0.878. The molecule has 22 heavy (non-hydrogen) atoms. The van der Waals surface area contributed by atoms with Gasteiger partial charge in [0.25, 0.3) is 0 Å². The lowest BCUT2D eigenvalue weighted by atomic mass is 10.1. The highest BCUT2D eigenvalue weighted by atomic mass is 16.3. The molecule has 116 valence electrons. The van der Waals surface area contributed by atoms with Crippen LogP contribution in [0.2, 0.25) is 0 Å². The van der Waals surface area contributed by atoms with E-state index in [1.54, 1.807) is 18.0 Å². The van der Waals surface area contributed by atoms with E-state index in [1.165, 1.54) is 0 Å². The van der Waals surface area contributed by atoms with Gasteiger partial charge >= 0.3 is 0 Å². The smallest absolute Gasteiger partial charge is 0.245 e. The Hall–Kier alpha value is -2.14. The number of aliphatic hydroxyl groups excluding tert-OH is 1. The first-order chi connectivity index (χ1) is 10.5. The molecule has 0 unspecified atom stereocenters. The van der Waals surface area contributed by atoms with Crippen molar-refractivity contribution in [3.63, 3.8) is 0 Å². The maximum absolute atomic E-state index is 12.6. The summed E-state index contributed by atoms with van der Waals surface area (Å²) in [4.78, 5) is 26.2. The summed E-state index contributed by atoms with van der Waals surface area (Å²) in [6.07, 6.45) is 2.02. The van der Waals surface area contributed by atoms with Crippen LogP contribution in [-0.4, -0.2) is 45.5 Å². The van der Waals surface area contributed by atoms with E-state index in [0.717, 1.165) is 10.9 Å². The topological polar surface area (TPSA) is 62.5 Å². The molecule has 5 nitrogen and oxygen atoms in total. The average Bonchev–Trinajstić information content (AvgIpc) is 2.85. The van der Waals surface area contributed by atoms with Gasteiger partial charge in [0.05, 0.1) is 6.10 Å². The minimum atomic E-state index is -0.407. The fourth-order valence-corrected chi connectivity index (χ4v) is 3.08. The third-order valence-corrected chi connectivity index (χ3v) is 4.30. The van der Waals surface area contributed by atoms with Crippen molar-refractivity contribution in [2.24, 2.45) is 0 Å². The van der Waals surface area contributed by atoms with Crippen LogP contribution < -0.4 is 0 Å². The average molecular weight is 300 g/mol. The van der Waals surface area contributed by atoms with Crippen LogP contribution in [0.25, 0.3) is 10.9 Å². The number of hydrogen-bond acceptors (Lipinski definition) is 3. The Labute approximate surface area is 129 Å². The SMILES string of the molecule is CC[C@H](C(=O)N1CC(O)C1)n1cc(C(C)=O)c2ccccc21. The minimum Gasteiger partial charge on any atom is -0.389 e. The molecule has 3 rings (SSSR count). The summed E-state index contributed by atoms with van der Waals surface area (Å²) in [7, 11) is 0. The van der Waals surface area contributed by atoms with Crippen LogP contribution in [0.15, 0.2) is 30.5 Å². The summed E-state index contributed by atoms with van der Waals surface area (Å²) in [5, 5.41) is 10.3. The van der Waals surface area contributed by atoms with E-state index in [1.807, 2.05) is 35.8 Å². The second kappa shape index (κ2) is 5.57. The van der Waals surface area contributed by atoms with Crippen LogP contribution in [0.3, 0.4) is 0 Å². The van der Waals surface area contributed by atoms with Crippen molar-refractivity contribution in [3.05, 3.63) is 36.0 Å². The van der Waals surface area contributed by atoms with E-state index in [9.17, 15) is 14.7 Å². The molecule has 1 atom stereocenters. The largest absolute Gasteiger partial charge is 0.389 e. The maximum Gasteiger partial charge on any atom is 0.245 e. The number of benzene rings is 1. The molecule has 0 aliphatic carbocycles. The van der Waals surface area contributed by atoms with Gasteiger partial charge in [0.2, 0.25) is 5.91 Å². The molecule has 5 heteroatoms. The van der Waals surface area contributed by atoms with Gasteiger partial charge in [0.15, 0.2) is 5.78 Å². The van der Waals surface area contributed by atoms with Gasteiger partial charge in [-0.05, 0) is 19.4 Å². The molecule has 2 heterocycles. The van der Waals surface area contributed by atoms with Crippen LogP contribution in [0.4, 0.5) is 0 Å². The molecule has 0 bridgehead atoms. The van der Waals surface area contributed by atoms with E-state index in [2.05, 4.69) is 0 Å². The van der Waals surface area contributed by atoms with Crippen LogP contribution >= 0.6 is 0 Å². The molecule has 2 aromatic rings. The van der Waals surface area contributed by atoms with Gasteiger partial charge in [-0.15, -0.1) is 0 Å². The zero-order chi connectivity index (χ0) is 15.9. The van der Waals surface area contributed by atoms with Gasteiger partial charge in [0.1, 0.15) is 6.04 Å². The highest BCUT2D eigenvalue weighted by Crippen LogP contribution is 2.28. The second-order valence-corrected chi connectivity index (χ2v) is 5.84. The number of nitrogens with zero attached hydrogens (tertiary/aromatic N) is 2. The van der Waals surface area contributed by atoms with Gasteiger partial charge in [0, 0.05) is 35.8 Å². The summed E-state index contributed by atoms with van der Waals surface area (Å²) in [6, 6.07) is 7.31. The number of hydrogen-bond donors (Lipinski definition) is 1. The summed E-state index contributed by atoms with van der Waals surface area (Å²) in [5.41, 5.74) is 1.54. The number of amides is 1. The molecular weight excluding hydrogens is 280 g/mol. The summed E-state index contributed by atoms with van der Waals surface area (Å²) >= 11 is 0. The monoisotopic (exact) mass is 300 g/mol. The Morgan fingerprint density at radius 1 is 1.32 bits per heavy atom. The second-order valence-electron chi connectivity index (χ2n) is 5.84. The molecule has 1 saturated heterocycles. The molecule has 1 amide bonds. The van der Waals surface area contributed by atoms with Crippen LogP contribution in [-0.2, 0) is 4.79 Å². The molecule has 0 spiro atoms. The number of aromatic nitrogens is 1. The van der Waals surface area contributed by atoms with E-state index in [0.29, 0.717) is 25.1 Å². The highest BCUT2D eigenvalue weighted by Gasteiger charge is 2.34. The normalized spacial score (nSPS) is 16.6. The van der Waals surface area contributed by atoms with Crippen molar-refractivity contribution in [2.75, 3.05) is 13.1 Å². The first kappa shape index (κ1) is 14.8. The Balaban J connectivity index is 2.04. The van der Waals surface area contributed by atoms with E-state index < -0.39 is 6.10 Å². The van der Waals surface area contributed by atoms with E-state index in [-0.39, 0.29) is 17.7 Å². The first-order valence-corrected chi connectivity index (χ1v) is 7.60. The first-order valence-electron chi connectivity index (χ1n) is 7.60. The Bertz CT molecular complexity index is 729. The van der Waals surface area contributed by atoms with Crippen molar-refractivity contribution in [1.82, 2.24) is 9.47 Å². The number of carbonyl (C=O) groups excluding carboxylic acids is 2. The van der Waals surface area contributed by atoms with E-state index in [4.69, 9.17) is 0 Å². The molecule has 0 saturated carbocycles. The third-order valence-electron chi connectivity index (χ3n) is 4.30. The molecule has 1 fully saturated rings. The van der Waals surface area contributed by atoms with E-state index >= 15 is 0 Å². The maximum atomic E-state index is 12.6. The molecule has 1 aromatic heterocycles. The zero-order valence-electron chi connectivity index (χ0n) is 12.8. The van der Waals surface area contributed by atoms with Crippen LogP contribution in [0, 0.1) is 0 Å². The number of β-amino-alcohol motifs (C(OH)–C–C–N with tert-alkyl or cyclic N) is 1. The predicted molar refractivity (Wildman–Crippen MR) is 83.9 cm³/mol. The molecule has 1 aliphatic rings. The predicted octanol–water partition coefficient (Wildman–Crippen LogP) is 2.00. The number of aliphatic hydroxyl groups is 1. The number of carbonyl (C=O) groups is 2. The molecule has 1 aromatic carbocycles. The number of para-hydroxylation sites is 1. The van der Waals surface area contributed by atoms with Crippen molar-refractivity contribution in [2.45, 2.75) is 32.4 Å². The summed E-state index contributed by atoms with van der Waals surface area (Å²) in [5.74, 6) is 0.000259. The number of ketones is 1. The van der Waals surface area contributed by atoms with Crippen molar-refractivity contribution in [3.8, 4) is 0 Å². The Morgan fingerprint density at radius 2 is 2.00 bits per heavy atom. The standard InChI is InChI=1S/C17H20N2O3/c1-3-15(17(22)18-8-12(21)9-18)19-10-14(11(2)20)13-6-4-5-7-16(13)19/h4-7,10,12,15,21H,3,8-9H2,1-2H3/t15-/m1/s1. The fraction of sp³-hybridized carbons (Fsp3) is 0.412. The Kier molecular flexibility index (Phi) is 3.74. The molecular formula is C17H20N2O3. The lowest BCUT2D eigenvalue weighted by Crippen LogP contribution is -2.55. The van der Waals surface area contributed by atoms with Gasteiger partial charge in [-0.25, -0.2) is 0 Å². The third kappa shape index (κ3) is 2.31. The minimum absolute atomic E-state index is 0.00313. The number of fused-ring (bicyclic) bond motifs is 1. The van der Waals surface area contributed by atoms with Crippen LogP contribution in [0.5, 0.6) is 0 Å². The van der Waals surface area contributed by atoms with Gasteiger partial charge in [-0.2, -0.15) is 0 Å².